The number of nitrogens with zero attached hydrogens (tertiary/aromatic N) is 1. The summed E-state index contributed by atoms with van der Waals surface area (Å²) in [4.78, 5) is 13.9. The van der Waals surface area contributed by atoms with Crippen LogP contribution in [0.15, 0.2) is 24.3 Å². The molecule has 1 heterocycles. The number of piperidine rings is 1. The Bertz CT molecular complexity index is 444. The standard InChI is InChI=1S/C16H23ClN2O/c1-19(12-13-5-4-6-14(17)11-13)16(20)9-8-15-7-2-3-10-18-15/h4-6,11,15,18H,2-3,7-10,12H2,1H3. The molecule has 20 heavy (non-hydrogen) atoms. The zero-order chi connectivity index (χ0) is 14.4. The summed E-state index contributed by atoms with van der Waals surface area (Å²) >= 11 is 5.96. The Morgan fingerprint density at radius 1 is 1.45 bits per heavy atom. The number of nitrogens with one attached hydrogen (secondary N) is 1. The van der Waals surface area contributed by atoms with Crippen molar-refractivity contribution in [2.45, 2.75) is 44.7 Å². The van der Waals surface area contributed by atoms with E-state index in [0.29, 0.717) is 19.0 Å². The van der Waals surface area contributed by atoms with Crippen molar-refractivity contribution in [3.05, 3.63) is 34.9 Å². The van der Waals surface area contributed by atoms with Crippen molar-refractivity contribution >= 4 is 17.5 Å². The number of amides is 1. The van der Waals surface area contributed by atoms with E-state index >= 15 is 0 Å². The first-order valence-electron chi connectivity index (χ1n) is 7.37. The van der Waals surface area contributed by atoms with Gasteiger partial charge in [0.15, 0.2) is 0 Å². The Hall–Kier alpha value is -1.06. The molecular weight excluding hydrogens is 272 g/mol. The van der Waals surface area contributed by atoms with Gasteiger partial charge in [-0.1, -0.05) is 30.2 Å². The molecule has 1 atom stereocenters. The average molecular weight is 295 g/mol. The van der Waals surface area contributed by atoms with Gasteiger partial charge in [0.1, 0.15) is 0 Å². The van der Waals surface area contributed by atoms with Crippen molar-refractivity contribution in [3.63, 3.8) is 0 Å². The molecule has 1 amide bonds. The normalized spacial score (nSPS) is 18.8. The minimum absolute atomic E-state index is 0.206. The molecule has 1 aromatic carbocycles. The monoisotopic (exact) mass is 294 g/mol. The van der Waals surface area contributed by atoms with E-state index in [2.05, 4.69) is 5.32 Å². The quantitative estimate of drug-likeness (QED) is 0.904. The summed E-state index contributed by atoms with van der Waals surface area (Å²) in [7, 11) is 1.86. The molecule has 1 saturated heterocycles. The number of hydrogen-bond acceptors (Lipinski definition) is 2. The third-order valence-electron chi connectivity index (χ3n) is 3.85. The van der Waals surface area contributed by atoms with E-state index in [1.807, 2.05) is 31.3 Å². The lowest BCUT2D eigenvalue weighted by molar-refractivity contribution is -0.130. The molecule has 0 aromatic heterocycles. The Balaban J connectivity index is 1.76. The van der Waals surface area contributed by atoms with Crippen molar-refractivity contribution in [3.8, 4) is 0 Å². The fraction of sp³-hybridized carbons (Fsp3) is 0.562. The summed E-state index contributed by atoms with van der Waals surface area (Å²) in [6, 6.07) is 8.20. The largest absolute Gasteiger partial charge is 0.341 e. The zero-order valence-corrected chi connectivity index (χ0v) is 12.8. The molecule has 1 unspecified atom stereocenters. The molecule has 2 rings (SSSR count). The minimum Gasteiger partial charge on any atom is -0.341 e. The van der Waals surface area contributed by atoms with Crippen LogP contribution in [0.4, 0.5) is 0 Å². The number of benzene rings is 1. The number of carbonyl (C=O) groups excluding carboxylic acids is 1. The van der Waals surface area contributed by atoms with Gasteiger partial charge in [-0.05, 0) is 43.5 Å². The maximum Gasteiger partial charge on any atom is 0.222 e. The van der Waals surface area contributed by atoms with Gasteiger partial charge in [0, 0.05) is 31.1 Å². The highest BCUT2D eigenvalue weighted by Gasteiger charge is 2.16. The second-order valence-corrected chi connectivity index (χ2v) is 6.00. The smallest absolute Gasteiger partial charge is 0.222 e. The highest BCUT2D eigenvalue weighted by molar-refractivity contribution is 6.30. The zero-order valence-electron chi connectivity index (χ0n) is 12.1. The average Bonchev–Trinajstić information content (AvgIpc) is 2.46. The number of carbonyl (C=O) groups is 1. The molecule has 0 radical (unpaired) electrons. The lowest BCUT2D eigenvalue weighted by Crippen LogP contribution is -2.35. The molecule has 110 valence electrons. The summed E-state index contributed by atoms with van der Waals surface area (Å²) in [5.74, 6) is 0.206. The van der Waals surface area contributed by atoms with Crippen LogP contribution in [0, 0.1) is 0 Å². The second kappa shape index (κ2) is 7.65. The van der Waals surface area contributed by atoms with E-state index in [-0.39, 0.29) is 5.91 Å². The van der Waals surface area contributed by atoms with Gasteiger partial charge in [-0.15, -0.1) is 0 Å². The molecule has 0 saturated carbocycles. The van der Waals surface area contributed by atoms with Crippen LogP contribution < -0.4 is 5.32 Å². The van der Waals surface area contributed by atoms with Crippen LogP contribution in [0.2, 0.25) is 5.02 Å². The van der Waals surface area contributed by atoms with Crippen LogP contribution in [0.1, 0.15) is 37.7 Å². The van der Waals surface area contributed by atoms with Gasteiger partial charge >= 0.3 is 0 Å². The first-order valence-corrected chi connectivity index (χ1v) is 7.75. The van der Waals surface area contributed by atoms with Crippen LogP contribution in [0.3, 0.4) is 0 Å². The molecule has 1 N–H and O–H groups in total. The van der Waals surface area contributed by atoms with Gasteiger partial charge in [0.05, 0.1) is 0 Å². The van der Waals surface area contributed by atoms with Crippen molar-refractivity contribution in [1.29, 1.82) is 0 Å². The summed E-state index contributed by atoms with van der Waals surface area (Å²) in [6.07, 6.45) is 5.31. The van der Waals surface area contributed by atoms with Crippen LogP contribution >= 0.6 is 11.6 Å². The number of rotatable bonds is 5. The lowest BCUT2D eigenvalue weighted by atomic mass is 10.0. The van der Waals surface area contributed by atoms with Gasteiger partial charge in [0.25, 0.3) is 0 Å². The lowest BCUT2D eigenvalue weighted by Gasteiger charge is -2.24. The van der Waals surface area contributed by atoms with Gasteiger partial charge in [-0.25, -0.2) is 0 Å². The molecule has 3 nitrogen and oxygen atoms in total. The van der Waals surface area contributed by atoms with E-state index in [1.54, 1.807) is 4.90 Å². The van der Waals surface area contributed by atoms with Gasteiger partial charge in [0.2, 0.25) is 5.91 Å². The Kier molecular flexibility index (Phi) is 5.86. The molecule has 0 bridgehead atoms. The van der Waals surface area contributed by atoms with Crippen LogP contribution in [-0.2, 0) is 11.3 Å². The van der Waals surface area contributed by atoms with Crippen LogP contribution in [-0.4, -0.2) is 30.4 Å². The first kappa shape index (κ1) is 15.3. The Morgan fingerprint density at radius 3 is 3.00 bits per heavy atom. The van der Waals surface area contributed by atoms with Gasteiger partial charge < -0.3 is 10.2 Å². The van der Waals surface area contributed by atoms with Gasteiger partial charge in [-0.2, -0.15) is 0 Å². The third-order valence-corrected chi connectivity index (χ3v) is 4.09. The molecule has 0 aliphatic carbocycles. The van der Waals surface area contributed by atoms with Crippen LogP contribution in [0.5, 0.6) is 0 Å². The predicted molar refractivity (Wildman–Crippen MR) is 82.8 cm³/mol. The number of halogens is 1. The van der Waals surface area contributed by atoms with Crippen molar-refractivity contribution < 1.29 is 4.79 Å². The third kappa shape index (κ3) is 4.80. The van der Waals surface area contributed by atoms with Gasteiger partial charge in [-0.3, -0.25) is 4.79 Å². The Labute approximate surface area is 126 Å². The summed E-state index contributed by atoms with van der Waals surface area (Å²) < 4.78 is 0. The van der Waals surface area contributed by atoms with Crippen LogP contribution in [0.25, 0.3) is 0 Å². The van der Waals surface area contributed by atoms with E-state index in [4.69, 9.17) is 11.6 Å². The highest BCUT2D eigenvalue weighted by Crippen LogP contribution is 2.15. The summed E-state index contributed by atoms with van der Waals surface area (Å²) in [5, 5.41) is 4.20. The molecule has 4 heteroatoms. The van der Waals surface area contributed by atoms with E-state index < -0.39 is 0 Å². The molecule has 1 fully saturated rings. The van der Waals surface area contributed by atoms with E-state index in [1.165, 1.54) is 19.3 Å². The SMILES string of the molecule is CN(Cc1cccc(Cl)c1)C(=O)CCC1CCCCN1. The number of hydrogen-bond donors (Lipinski definition) is 1. The minimum atomic E-state index is 0.206. The van der Waals surface area contributed by atoms with Crippen molar-refractivity contribution in [2.24, 2.45) is 0 Å². The molecule has 0 spiro atoms. The molecule has 1 aromatic rings. The second-order valence-electron chi connectivity index (χ2n) is 5.57. The predicted octanol–water partition coefficient (Wildman–Crippen LogP) is 3.22. The molecule has 1 aliphatic rings. The topological polar surface area (TPSA) is 32.3 Å². The molecule has 1 aliphatic heterocycles. The first-order chi connectivity index (χ1) is 9.65. The fourth-order valence-electron chi connectivity index (χ4n) is 2.66. The molecular formula is C16H23ClN2O. The Morgan fingerprint density at radius 2 is 2.30 bits per heavy atom. The van der Waals surface area contributed by atoms with Crippen molar-refractivity contribution in [1.82, 2.24) is 10.2 Å². The summed E-state index contributed by atoms with van der Waals surface area (Å²) in [6.45, 7) is 1.72. The van der Waals surface area contributed by atoms with E-state index in [9.17, 15) is 4.79 Å². The highest BCUT2D eigenvalue weighted by atomic mass is 35.5. The van der Waals surface area contributed by atoms with E-state index in [0.717, 1.165) is 23.6 Å². The van der Waals surface area contributed by atoms with Crippen molar-refractivity contribution in [2.75, 3.05) is 13.6 Å². The maximum atomic E-state index is 12.1. The fourth-order valence-corrected chi connectivity index (χ4v) is 2.87. The summed E-state index contributed by atoms with van der Waals surface area (Å²) in [5.41, 5.74) is 1.07. The maximum absolute atomic E-state index is 12.1.